The van der Waals surface area contributed by atoms with Crippen LogP contribution in [0.2, 0.25) is 0 Å². The number of benzene rings is 2. The van der Waals surface area contributed by atoms with Crippen molar-refractivity contribution in [3.8, 4) is 0 Å². The SMILES string of the molecule is CC(C)c1ccc(CC(O)C2Cc3ccccc3S2)cc1. The van der Waals surface area contributed by atoms with Gasteiger partial charge in [-0.2, -0.15) is 0 Å². The van der Waals surface area contributed by atoms with Gasteiger partial charge in [0, 0.05) is 10.1 Å². The highest BCUT2D eigenvalue weighted by molar-refractivity contribution is 8.00. The fourth-order valence-electron chi connectivity index (χ4n) is 2.84. The zero-order valence-electron chi connectivity index (χ0n) is 12.6. The van der Waals surface area contributed by atoms with E-state index in [2.05, 4.69) is 62.4 Å². The van der Waals surface area contributed by atoms with Crippen LogP contribution in [0.5, 0.6) is 0 Å². The minimum absolute atomic E-state index is 0.284. The average molecular weight is 298 g/mol. The third kappa shape index (κ3) is 3.33. The number of fused-ring (bicyclic) bond motifs is 1. The van der Waals surface area contributed by atoms with Gasteiger partial charge in [0.2, 0.25) is 0 Å². The topological polar surface area (TPSA) is 20.2 Å². The summed E-state index contributed by atoms with van der Waals surface area (Å²) in [6.45, 7) is 4.41. The normalized spacial score (nSPS) is 18.8. The molecule has 0 saturated carbocycles. The molecule has 21 heavy (non-hydrogen) atoms. The van der Waals surface area contributed by atoms with E-state index in [0.29, 0.717) is 5.92 Å². The number of hydrogen-bond donors (Lipinski definition) is 1. The van der Waals surface area contributed by atoms with Crippen molar-refractivity contribution in [2.24, 2.45) is 0 Å². The summed E-state index contributed by atoms with van der Waals surface area (Å²) in [5, 5.41) is 10.8. The first kappa shape index (κ1) is 14.7. The summed E-state index contributed by atoms with van der Waals surface area (Å²) in [6.07, 6.45) is 1.43. The first-order valence-corrected chi connectivity index (χ1v) is 8.53. The zero-order valence-corrected chi connectivity index (χ0v) is 13.4. The molecule has 0 radical (unpaired) electrons. The summed E-state index contributed by atoms with van der Waals surface area (Å²) in [7, 11) is 0. The third-order valence-electron chi connectivity index (χ3n) is 4.19. The molecule has 2 aromatic rings. The lowest BCUT2D eigenvalue weighted by atomic mass is 9.97. The molecule has 0 aromatic heterocycles. The van der Waals surface area contributed by atoms with E-state index in [0.717, 1.165) is 12.8 Å². The quantitative estimate of drug-likeness (QED) is 0.901. The van der Waals surface area contributed by atoms with Gasteiger partial charge in [-0.3, -0.25) is 0 Å². The van der Waals surface area contributed by atoms with Gasteiger partial charge in [-0.25, -0.2) is 0 Å². The van der Waals surface area contributed by atoms with Crippen LogP contribution in [0.25, 0.3) is 0 Å². The molecule has 1 heterocycles. The van der Waals surface area contributed by atoms with Gasteiger partial charge in [-0.1, -0.05) is 56.3 Å². The van der Waals surface area contributed by atoms with Crippen LogP contribution < -0.4 is 0 Å². The first-order chi connectivity index (χ1) is 10.1. The molecule has 0 bridgehead atoms. The van der Waals surface area contributed by atoms with Crippen LogP contribution in [0.15, 0.2) is 53.4 Å². The minimum atomic E-state index is -0.285. The molecule has 3 rings (SSSR count). The average Bonchev–Trinajstić information content (AvgIpc) is 2.92. The van der Waals surface area contributed by atoms with Crippen LogP contribution in [0.1, 0.15) is 36.5 Å². The smallest absolute Gasteiger partial charge is 0.0705 e. The Balaban J connectivity index is 1.63. The Morgan fingerprint density at radius 1 is 1.10 bits per heavy atom. The molecule has 0 spiro atoms. The molecule has 1 aliphatic rings. The van der Waals surface area contributed by atoms with Crippen molar-refractivity contribution in [2.45, 2.75) is 48.9 Å². The molecule has 0 fully saturated rings. The van der Waals surface area contributed by atoms with Crippen LogP contribution in [0.3, 0.4) is 0 Å². The molecule has 1 nitrogen and oxygen atoms in total. The van der Waals surface area contributed by atoms with Crippen LogP contribution >= 0.6 is 11.8 Å². The Morgan fingerprint density at radius 3 is 2.48 bits per heavy atom. The minimum Gasteiger partial charge on any atom is -0.392 e. The van der Waals surface area contributed by atoms with Crippen LogP contribution in [-0.2, 0) is 12.8 Å². The van der Waals surface area contributed by atoms with Crippen molar-refractivity contribution in [3.63, 3.8) is 0 Å². The molecule has 1 aliphatic heterocycles. The second kappa shape index (κ2) is 6.25. The van der Waals surface area contributed by atoms with Gasteiger partial charge < -0.3 is 5.11 Å². The number of aliphatic hydroxyl groups excluding tert-OH is 1. The van der Waals surface area contributed by atoms with E-state index in [1.54, 1.807) is 0 Å². The van der Waals surface area contributed by atoms with Gasteiger partial charge in [-0.05, 0) is 41.5 Å². The summed E-state index contributed by atoms with van der Waals surface area (Å²) >= 11 is 1.82. The number of aliphatic hydroxyl groups is 1. The molecular formula is C19H22OS. The van der Waals surface area contributed by atoms with Crippen molar-refractivity contribution in [1.82, 2.24) is 0 Å². The molecule has 2 atom stereocenters. The van der Waals surface area contributed by atoms with E-state index in [1.807, 2.05) is 11.8 Å². The van der Waals surface area contributed by atoms with Gasteiger partial charge >= 0.3 is 0 Å². The predicted octanol–water partition coefficient (Wildman–Crippen LogP) is 4.43. The van der Waals surface area contributed by atoms with E-state index in [1.165, 1.54) is 21.6 Å². The standard InChI is InChI=1S/C19H22OS/c1-13(2)15-9-7-14(8-10-15)11-17(20)19-12-16-5-3-4-6-18(16)21-19/h3-10,13,17,19-20H,11-12H2,1-2H3. The van der Waals surface area contributed by atoms with Crippen molar-refractivity contribution in [1.29, 1.82) is 0 Å². The van der Waals surface area contributed by atoms with E-state index in [4.69, 9.17) is 0 Å². The maximum Gasteiger partial charge on any atom is 0.0705 e. The van der Waals surface area contributed by atoms with Gasteiger partial charge in [0.05, 0.1) is 6.10 Å². The maximum absolute atomic E-state index is 10.5. The van der Waals surface area contributed by atoms with Crippen LogP contribution in [0.4, 0.5) is 0 Å². The first-order valence-electron chi connectivity index (χ1n) is 7.65. The maximum atomic E-state index is 10.5. The fourth-order valence-corrected chi connectivity index (χ4v) is 4.14. The summed E-state index contributed by atoms with van der Waals surface area (Å²) in [6, 6.07) is 17.2. The van der Waals surface area contributed by atoms with Crippen molar-refractivity contribution in [3.05, 3.63) is 65.2 Å². The van der Waals surface area contributed by atoms with E-state index >= 15 is 0 Å². The highest BCUT2D eigenvalue weighted by Gasteiger charge is 2.28. The van der Waals surface area contributed by atoms with Gasteiger partial charge in [-0.15, -0.1) is 11.8 Å². The monoisotopic (exact) mass is 298 g/mol. The predicted molar refractivity (Wildman–Crippen MR) is 90.0 cm³/mol. The van der Waals surface area contributed by atoms with Crippen LogP contribution in [0, 0.1) is 0 Å². The Bertz CT molecular complexity index is 578. The fraction of sp³-hybridized carbons (Fsp3) is 0.368. The highest BCUT2D eigenvalue weighted by atomic mass is 32.2. The van der Waals surface area contributed by atoms with Crippen molar-refractivity contribution >= 4 is 11.8 Å². The number of thioether (sulfide) groups is 1. The zero-order chi connectivity index (χ0) is 14.8. The van der Waals surface area contributed by atoms with Gasteiger partial charge in [0.1, 0.15) is 0 Å². The Morgan fingerprint density at radius 2 is 1.81 bits per heavy atom. The Hall–Kier alpha value is -1.25. The second-order valence-electron chi connectivity index (χ2n) is 6.14. The van der Waals surface area contributed by atoms with E-state index in [-0.39, 0.29) is 11.4 Å². The van der Waals surface area contributed by atoms with E-state index in [9.17, 15) is 5.11 Å². The lowest BCUT2D eigenvalue weighted by Gasteiger charge is -2.17. The molecule has 0 amide bonds. The highest BCUT2D eigenvalue weighted by Crippen LogP contribution is 2.38. The molecule has 0 saturated heterocycles. The molecule has 0 aliphatic carbocycles. The van der Waals surface area contributed by atoms with E-state index < -0.39 is 0 Å². The van der Waals surface area contributed by atoms with Gasteiger partial charge in [0.15, 0.2) is 0 Å². The largest absolute Gasteiger partial charge is 0.392 e. The summed E-state index contributed by atoms with van der Waals surface area (Å²) in [5.74, 6) is 0.559. The molecule has 2 heteroatoms. The molecular weight excluding hydrogens is 276 g/mol. The Kier molecular flexibility index (Phi) is 4.37. The lowest BCUT2D eigenvalue weighted by molar-refractivity contribution is 0.172. The molecule has 2 aromatic carbocycles. The Labute approximate surface area is 131 Å². The van der Waals surface area contributed by atoms with Crippen molar-refractivity contribution < 1.29 is 5.11 Å². The summed E-state index contributed by atoms with van der Waals surface area (Å²) < 4.78 is 0. The van der Waals surface area contributed by atoms with Crippen molar-refractivity contribution in [2.75, 3.05) is 0 Å². The lowest BCUT2D eigenvalue weighted by Crippen LogP contribution is -2.24. The van der Waals surface area contributed by atoms with Gasteiger partial charge in [0.25, 0.3) is 0 Å². The molecule has 110 valence electrons. The molecule has 1 N–H and O–H groups in total. The summed E-state index contributed by atoms with van der Waals surface area (Å²) in [5.41, 5.74) is 3.96. The van der Waals surface area contributed by atoms with Crippen LogP contribution in [-0.4, -0.2) is 16.5 Å². The summed E-state index contributed by atoms with van der Waals surface area (Å²) in [4.78, 5) is 1.33. The number of rotatable bonds is 4. The second-order valence-corrected chi connectivity index (χ2v) is 7.42. The third-order valence-corrected chi connectivity index (χ3v) is 5.63. The number of hydrogen-bond acceptors (Lipinski definition) is 2. The molecule has 2 unspecified atom stereocenters.